The van der Waals surface area contributed by atoms with Gasteiger partial charge >= 0.3 is 0 Å². The summed E-state index contributed by atoms with van der Waals surface area (Å²) < 4.78 is 6.55. The number of nitrogens with one attached hydrogen (secondary N) is 1. The van der Waals surface area contributed by atoms with Gasteiger partial charge in [-0.3, -0.25) is 14.8 Å². The fraction of sp³-hybridized carbons (Fsp3) is 0.154. The maximum atomic E-state index is 11.6. The largest absolute Gasteiger partial charge is 0.492 e. The number of carbonyl (C=O) groups is 1. The summed E-state index contributed by atoms with van der Waals surface area (Å²) in [7, 11) is 0. The maximum Gasteiger partial charge on any atom is 0.295 e. The van der Waals surface area contributed by atoms with E-state index in [1.165, 1.54) is 17.6 Å². The Balaban J connectivity index is 2.02. The van der Waals surface area contributed by atoms with E-state index in [-0.39, 0.29) is 24.4 Å². The first-order valence-electron chi connectivity index (χ1n) is 5.91. The lowest BCUT2D eigenvalue weighted by Gasteiger charge is -2.08. The highest BCUT2D eigenvalue weighted by molar-refractivity contribution is 5.91. The summed E-state index contributed by atoms with van der Waals surface area (Å²) in [5.74, 6) is -0.0902. The van der Waals surface area contributed by atoms with Crippen LogP contribution in [0.1, 0.15) is 10.5 Å². The van der Waals surface area contributed by atoms with Crippen LogP contribution in [-0.2, 0) is 6.54 Å². The first-order valence-corrected chi connectivity index (χ1v) is 5.91. The molecule has 0 aliphatic heterocycles. The predicted molar refractivity (Wildman–Crippen MR) is 69.7 cm³/mol. The van der Waals surface area contributed by atoms with Crippen LogP contribution in [0.5, 0.6) is 5.75 Å². The second-order valence-corrected chi connectivity index (χ2v) is 3.88. The highest BCUT2D eigenvalue weighted by atomic mass is 16.5. The van der Waals surface area contributed by atoms with Crippen LogP contribution in [0.3, 0.4) is 0 Å². The van der Waals surface area contributed by atoms with Crippen molar-refractivity contribution in [3.05, 3.63) is 58.5 Å². The molecule has 1 amide bonds. The summed E-state index contributed by atoms with van der Waals surface area (Å²) in [6, 6.07) is 11.6. The Morgan fingerprint density at radius 1 is 1.25 bits per heavy atom. The molecular weight excluding hydrogens is 262 g/mol. The molecule has 0 saturated carbocycles. The van der Waals surface area contributed by atoms with E-state index in [9.17, 15) is 9.59 Å². The number of hydrogen-bond acceptors (Lipinski definition) is 5. The summed E-state index contributed by atoms with van der Waals surface area (Å²) in [5.41, 5.74) is 1.06. The molecule has 0 saturated heterocycles. The third kappa shape index (κ3) is 3.42. The number of carbonyl (C=O) groups excluding carboxylic acids is 1. The Labute approximate surface area is 114 Å². The van der Waals surface area contributed by atoms with Crippen molar-refractivity contribution in [2.24, 2.45) is 0 Å². The molecule has 0 spiro atoms. The Kier molecular flexibility index (Phi) is 4.46. The van der Waals surface area contributed by atoms with E-state index in [1.54, 1.807) is 12.1 Å². The Bertz CT molecular complexity index is 640. The quantitative estimate of drug-likeness (QED) is 0.610. The van der Waals surface area contributed by atoms with E-state index in [0.717, 1.165) is 4.68 Å². The molecule has 7 nitrogen and oxygen atoms in total. The van der Waals surface area contributed by atoms with E-state index >= 15 is 0 Å². The monoisotopic (exact) mass is 275 g/mol. The maximum absolute atomic E-state index is 11.6. The summed E-state index contributed by atoms with van der Waals surface area (Å²) in [6.07, 6.45) is 0. The lowest BCUT2D eigenvalue weighted by Crippen LogP contribution is -2.29. The van der Waals surface area contributed by atoms with Crippen molar-refractivity contribution in [1.82, 2.24) is 15.3 Å². The van der Waals surface area contributed by atoms with Crippen LogP contribution >= 0.6 is 0 Å². The summed E-state index contributed by atoms with van der Waals surface area (Å²) in [4.78, 5) is 22.8. The summed E-state index contributed by atoms with van der Waals surface area (Å²) in [5, 5.41) is 12.3. The van der Waals surface area contributed by atoms with Gasteiger partial charge in [0.15, 0.2) is 5.69 Å². The first-order chi connectivity index (χ1) is 9.70. The number of rotatable bonds is 5. The van der Waals surface area contributed by atoms with Crippen molar-refractivity contribution in [1.29, 1.82) is 0 Å². The zero-order valence-electron chi connectivity index (χ0n) is 10.5. The van der Waals surface area contributed by atoms with Gasteiger partial charge < -0.3 is 4.74 Å². The Hall–Kier alpha value is -2.67. The smallest absolute Gasteiger partial charge is 0.295 e. The number of hydroxylamine groups is 1. The molecule has 2 aromatic rings. The lowest BCUT2D eigenvalue weighted by atomic mass is 10.3. The van der Waals surface area contributed by atoms with Gasteiger partial charge in [-0.05, 0) is 18.2 Å². The fourth-order valence-electron chi connectivity index (χ4n) is 1.55. The zero-order chi connectivity index (χ0) is 14.4. The second kappa shape index (κ2) is 6.48. The van der Waals surface area contributed by atoms with Gasteiger partial charge in [0.1, 0.15) is 12.4 Å². The Morgan fingerprint density at radius 2 is 2.00 bits per heavy atom. The average molecular weight is 275 g/mol. The van der Waals surface area contributed by atoms with Gasteiger partial charge in [0.05, 0.1) is 6.54 Å². The van der Waals surface area contributed by atoms with Crippen LogP contribution < -0.4 is 15.8 Å². The predicted octanol–water partition coefficient (Wildman–Crippen LogP) is 0.441. The third-order valence-electron chi connectivity index (χ3n) is 2.52. The van der Waals surface area contributed by atoms with Crippen molar-refractivity contribution in [3.63, 3.8) is 0 Å². The van der Waals surface area contributed by atoms with Crippen LogP contribution in [0.25, 0.3) is 0 Å². The number of hydrogen-bond donors (Lipinski definition) is 2. The van der Waals surface area contributed by atoms with E-state index in [4.69, 9.17) is 9.94 Å². The van der Waals surface area contributed by atoms with Gasteiger partial charge in [-0.2, -0.15) is 5.10 Å². The number of para-hydroxylation sites is 1. The van der Waals surface area contributed by atoms with E-state index in [1.807, 2.05) is 18.2 Å². The normalized spacial score (nSPS) is 10.1. The molecule has 104 valence electrons. The standard InChI is InChI=1S/C13H13N3O4/c17-12-7-6-11(13(18)15-19)14-16(12)8-9-20-10-4-2-1-3-5-10/h1-7,19H,8-9H2,(H,15,18). The van der Waals surface area contributed by atoms with Gasteiger partial charge in [0.25, 0.3) is 11.5 Å². The average Bonchev–Trinajstić information content (AvgIpc) is 2.49. The minimum absolute atomic E-state index is 0.0492. The van der Waals surface area contributed by atoms with E-state index < -0.39 is 5.91 Å². The third-order valence-corrected chi connectivity index (χ3v) is 2.52. The summed E-state index contributed by atoms with van der Waals surface area (Å²) >= 11 is 0. The molecule has 0 unspecified atom stereocenters. The Morgan fingerprint density at radius 3 is 2.70 bits per heavy atom. The molecule has 0 aliphatic rings. The number of aromatic nitrogens is 2. The van der Waals surface area contributed by atoms with Crippen molar-refractivity contribution in [3.8, 4) is 5.75 Å². The number of amides is 1. The molecule has 2 rings (SSSR count). The summed E-state index contributed by atoms with van der Waals surface area (Å²) in [6.45, 7) is 0.432. The van der Waals surface area contributed by atoms with Gasteiger partial charge in [0.2, 0.25) is 0 Å². The topological polar surface area (TPSA) is 93.5 Å². The first kappa shape index (κ1) is 13.8. The van der Waals surface area contributed by atoms with Gasteiger partial charge in [-0.1, -0.05) is 18.2 Å². The fourth-order valence-corrected chi connectivity index (χ4v) is 1.55. The molecule has 7 heteroatoms. The minimum atomic E-state index is -0.775. The SMILES string of the molecule is O=C(NO)c1ccc(=O)n(CCOc2ccccc2)n1. The van der Waals surface area contributed by atoms with Crippen LogP contribution in [0.15, 0.2) is 47.3 Å². The number of ether oxygens (including phenoxy) is 1. The lowest BCUT2D eigenvalue weighted by molar-refractivity contribution is 0.0697. The number of benzene rings is 1. The van der Waals surface area contributed by atoms with E-state index in [0.29, 0.717) is 5.75 Å². The molecule has 1 aromatic heterocycles. The van der Waals surface area contributed by atoms with Gasteiger partial charge in [-0.15, -0.1) is 0 Å². The van der Waals surface area contributed by atoms with Crippen molar-refractivity contribution in [2.75, 3.05) is 6.61 Å². The highest BCUT2D eigenvalue weighted by Gasteiger charge is 2.08. The molecule has 1 aromatic carbocycles. The highest BCUT2D eigenvalue weighted by Crippen LogP contribution is 2.07. The van der Waals surface area contributed by atoms with E-state index in [2.05, 4.69) is 5.10 Å². The van der Waals surface area contributed by atoms with Crippen LogP contribution in [0.4, 0.5) is 0 Å². The molecule has 0 fully saturated rings. The van der Waals surface area contributed by atoms with Gasteiger partial charge in [0, 0.05) is 6.07 Å². The molecule has 0 aliphatic carbocycles. The van der Waals surface area contributed by atoms with Crippen LogP contribution in [-0.4, -0.2) is 27.5 Å². The van der Waals surface area contributed by atoms with Crippen molar-refractivity contribution in [2.45, 2.75) is 6.54 Å². The number of nitrogens with zero attached hydrogens (tertiary/aromatic N) is 2. The molecular formula is C13H13N3O4. The molecule has 2 N–H and O–H groups in total. The van der Waals surface area contributed by atoms with Crippen LogP contribution in [0.2, 0.25) is 0 Å². The zero-order valence-corrected chi connectivity index (χ0v) is 10.5. The molecule has 1 heterocycles. The minimum Gasteiger partial charge on any atom is -0.492 e. The van der Waals surface area contributed by atoms with Crippen molar-refractivity contribution < 1.29 is 14.7 Å². The van der Waals surface area contributed by atoms with Crippen LogP contribution in [0, 0.1) is 0 Å². The molecule has 0 radical (unpaired) electrons. The molecule has 0 atom stereocenters. The molecule has 0 bridgehead atoms. The molecule has 20 heavy (non-hydrogen) atoms. The van der Waals surface area contributed by atoms with Crippen molar-refractivity contribution >= 4 is 5.91 Å². The van der Waals surface area contributed by atoms with Gasteiger partial charge in [-0.25, -0.2) is 10.2 Å². The second-order valence-electron chi connectivity index (χ2n) is 3.88.